The fourth-order valence-corrected chi connectivity index (χ4v) is 2.90. The maximum Gasteiger partial charge on any atom is 0.274 e. The maximum absolute atomic E-state index is 12.7. The smallest absolute Gasteiger partial charge is 0.274 e. The largest absolute Gasteiger partial charge is 0.493 e. The molecule has 0 aliphatic carbocycles. The lowest BCUT2D eigenvalue weighted by atomic mass is 10.1. The summed E-state index contributed by atoms with van der Waals surface area (Å²) in [5.74, 6) is 0.861. The number of nitrogens with zero attached hydrogens (tertiary/aromatic N) is 2. The Kier molecular flexibility index (Phi) is 5.40. The number of amides is 2. The summed E-state index contributed by atoms with van der Waals surface area (Å²) in [6.07, 6.45) is 0.645. The quantitative estimate of drug-likeness (QED) is 0.881. The molecule has 1 aliphatic heterocycles. The molecule has 2 aromatic carbocycles. The topological polar surface area (TPSA) is 80.2 Å². The van der Waals surface area contributed by atoms with E-state index in [9.17, 15) is 9.59 Å². The molecule has 0 atom stereocenters. The first-order valence-corrected chi connectivity index (χ1v) is 8.51. The van der Waals surface area contributed by atoms with Crippen molar-refractivity contribution >= 4 is 23.2 Å². The van der Waals surface area contributed by atoms with E-state index in [1.54, 1.807) is 38.5 Å². The van der Waals surface area contributed by atoms with Crippen LogP contribution in [0.3, 0.4) is 0 Å². The molecule has 0 saturated carbocycles. The minimum atomic E-state index is -0.210. The Morgan fingerprint density at radius 2 is 1.85 bits per heavy atom. The van der Waals surface area contributed by atoms with Gasteiger partial charge in [0.05, 0.1) is 26.5 Å². The molecular formula is C20H21N3O4. The van der Waals surface area contributed by atoms with Crippen molar-refractivity contribution in [2.24, 2.45) is 5.10 Å². The summed E-state index contributed by atoms with van der Waals surface area (Å²) in [5, 5.41) is 8.59. The van der Waals surface area contributed by atoms with Crippen LogP contribution in [0.4, 0.5) is 5.69 Å². The molecule has 7 nitrogen and oxygen atoms in total. The first-order chi connectivity index (χ1) is 13.0. The van der Waals surface area contributed by atoms with Gasteiger partial charge < -0.3 is 14.8 Å². The van der Waals surface area contributed by atoms with Crippen LogP contribution in [-0.4, -0.2) is 43.3 Å². The fraction of sp³-hybridized carbons (Fsp3) is 0.250. The molecule has 2 amide bonds. The fourth-order valence-electron chi connectivity index (χ4n) is 2.90. The van der Waals surface area contributed by atoms with E-state index in [-0.39, 0.29) is 11.8 Å². The number of carbonyl (C=O) groups is 2. The van der Waals surface area contributed by atoms with Crippen LogP contribution in [0.25, 0.3) is 0 Å². The average molecular weight is 367 g/mol. The van der Waals surface area contributed by atoms with Gasteiger partial charge in [0, 0.05) is 30.2 Å². The van der Waals surface area contributed by atoms with Crippen molar-refractivity contribution in [3.05, 3.63) is 53.6 Å². The third-order valence-corrected chi connectivity index (χ3v) is 4.18. The zero-order valence-corrected chi connectivity index (χ0v) is 15.5. The van der Waals surface area contributed by atoms with E-state index in [1.165, 1.54) is 11.9 Å². The highest BCUT2D eigenvalue weighted by Gasteiger charge is 2.23. The summed E-state index contributed by atoms with van der Waals surface area (Å²) in [5.41, 5.74) is 2.74. The molecule has 1 N–H and O–H groups in total. The summed E-state index contributed by atoms with van der Waals surface area (Å²) < 4.78 is 10.6. The molecule has 0 spiro atoms. The van der Waals surface area contributed by atoms with Gasteiger partial charge in [0.15, 0.2) is 11.5 Å². The average Bonchev–Trinajstić information content (AvgIpc) is 3.16. The molecule has 1 heterocycles. The zero-order valence-electron chi connectivity index (χ0n) is 15.5. The maximum atomic E-state index is 12.7. The van der Waals surface area contributed by atoms with Gasteiger partial charge in [-0.05, 0) is 36.4 Å². The summed E-state index contributed by atoms with van der Waals surface area (Å²) in [6.45, 7) is 1.92. The van der Waals surface area contributed by atoms with Crippen LogP contribution in [-0.2, 0) is 4.79 Å². The molecule has 1 aliphatic rings. The molecule has 140 valence electrons. The van der Waals surface area contributed by atoms with Crippen molar-refractivity contribution < 1.29 is 19.1 Å². The van der Waals surface area contributed by atoms with Gasteiger partial charge in [0.1, 0.15) is 0 Å². The monoisotopic (exact) mass is 367 g/mol. The molecule has 3 rings (SSSR count). The Morgan fingerprint density at radius 3 is 2.56 bits per heavy atom. The SMILES string of the molecule is COc1ccc(C2=NN(C(=O)c3cccc(NC(C)=O)c3)CC2)cc1OC. The number of carbonyl (C=O) groups excluding carboxylic acids is 2. The van der Waals surface area contributed by atoms with Gasteiger partial charge in [-0.1, -0.05) is 6.07 Å². The third-order valence-electron chi connectivity index (χ3n) is 4.18. The number of methoxy groups -OCH3 is 2. The van der Waals surface area contributed by atoms with E-state index in [0.717, 1.165) is 11.3 Å². The summed E-state index contributed by atoms with van der Waals surface area (Å²) in [4.78, 5) is 23.9. The second-order valence-corrected chi connectivity index (χ2v) is 6.06. The number of benzene rings is 2. The Morgan fingerprint density at radius 1 is 1.07 bits per heavy atom. The molecule has 0 fully saturated rings. The standard InChI is InChI=1S/C20H21N3O4/c1-13(24)21-16-6-4-5-15(11-16)20(25)23-10-9-17(22-23)14-7-8-18(26-2)19(12-14)27-3/h4-8,11-12H,9-10H2,1-3H3,(H,21,24). The van der Waals surface area contributed by atoms with Crippen molar-refractivity contribution in [1.29, 1.82) is 0 Å². The number of anilines is 1. The van der Waals surface area contributed by atoms with Gasteiger partial charge in [0.2, 0.25) is 5.91 Å². The third kappa shape index (κ3) is 4.08. The van der Waals surface area contributed by atoms with Gasteiger partial charge in [-0.25, -0.2) is 5.01 Å². The highest BCUT2D eigenvalue weighted by atomic mass is 16.5. The van der Waals surface area contributed by atoms with Crippen LogP contribution in [0.1, 0.15) is 29.3 Å². The van der Waals surface area contributed by atoms with Gasteiger partial charge >= 0.3 is 0 Å². The minimum Gasteiger partial charge on any atom is -0.493 e. The summed E-state index contributed by atoms with van der Waals surface area (Å²) in [6, 6.07) is 12.4. The summed E-state index contributed by atoms with van der Waals surface area (Å²) in [7, 11) is 3.16. The first kappa shape index (κ1) is 18.4. The lowest BCUT2D eigenvalue weighted by molar-refractivity contribution is -0.114. The lowest BCUT2D eigenvalue weighted by Crippen LogP contribution is -2.23. The van der Waals surface area contributed by atoms with Gasteiger partial charge in [-0.2, -0.15) is 5.10 Å². The molecule has 0 radical (unpaired) electrons. The molecule has 0 saturated heterocycles. The second kappa shape index (κ2) is 7.90. The number of hydrazone groups is 1. The highest BCUT2D eigenvalue weighted by molar-refractivity contribution is 6.05. The number of nitrogens with one attached hydrogen (secondary N) is 1. The van der Waals surface area contributed by atoms with Crippen LogP contribution in [0, 0.1) is 0 Å². The number of hydrogen-bond donors (Lipinski definition) is 1. The van der Waals surface area contributed by atoms with E-state index >= 15 is 0 Å². The van der Waals surface area contributed by atoms with E-state index in [1.807, 2.05) is 18.2 Å². The predicted octanol–water partition coefficient (Wildman–Crippen LogP) is 2.91. The number of ether oxygens (including phenoxy) is 2. The Balaban J connectivity index is 1.81. The molecule has 2 aromatic rings. The molecule has 0 aromatic heterocycles. The Labute approximate surface area is 157 Å². The van der Waals surface area contributed by atoms with E-state index in [2.05, 4.69) is 10.4 Å². The van der Waals surface area contributed by atoms with E-state index in [0.29, 0.717) is 35.7 Å². The van der Waals surface area contributed by atoms with Crippen molar-refractivity contribution in [3.63, 3.8) is 0 Å². The van der Waals surface area contributed by atoms with Crippen LogP contribution in [0.15, 0.2) is 47.6 Å². The molecular weight excluding hydrogens is 346 g/mol. The first-order valence-electron chi connectivity index (χ1n) is 8.51. The predicted molar refractivity (Wildman–Crippen MR) is 102 cm³/mol. The van der Waals surface area contributed by atoms with Gasteiger partial charge in [-0.3, -0.25) is 9.59 Å². The van der Waals surface area contributed by atoms with Crippen LogP contribution >= 0.6 is 0 Å². The van der Waals surface area contributed by atoms with Crippen molar-refractivity contribution in [3.8, 4) is 11.5 Å². The zero-order chi connectivity index (χ0) is 19.4. The Hall–Kier alpha value is -3.35. The van der Waals surface area contributed by atoms with Crippen LogP contribution < -0.4 is 14.8 Å². The molecule has 7 heteroatoms. The van der Waals surface area contributed by atoms with Crippen molar-refractivity contribution in [1.82, 2.24) is 5.01 Å². The van der Waals surface area contributed by atoms with E-state index < -0.39 is 0 Å². The number of rotatable bonds is 5. The molecule has 27 heavy (non-hydrogen) atoms. The van der Waals surface area contributed by atoms with Crippen molar-refractivity contribution in [2.45, 2.75) is 13.3 Å². The van der Waals surface area contributed by atoms with Crippen LogP contribution in [0.5, 0.6) is 11.5 Å². The van der Waals surface area contributed by atoms with Gasteiger partial charge in [-0.15, -0.1) is 0 Å². The van der Waals surface area contributed by atoms with Crippen LogP contribution in [0.2, 0.25) is 0 Å². The Bertz CT molecular complexity index is 908. The minimum absolute atomic E-state index is 0.186. The molecule has 0 unspecified atom stereocenters. The van der Waals surface area contributed by atoms with E-state index in [4.69, 9.17) is 9.47 Å². The lowest BCUT2D eigenvalue weighted by Gasteiger charge is -2.12. The van der Waals surface area contributed by atoms with Crippen molar-refractivity contribution in [2.75, 3.05) is 26.1 Å². The summed E-state index contributed by atoms with van der Waals surface area (Å²) >= 11 is 0. The van der Waals surface area contributed by atoms with Gasteiger partial charge in [0.25, 0.3) is 5.91 Å². The normalized spacial score (nSPS) is 13.1. The molecule has 0 bridgehead atoms. The second-order valence-electron chi connectivity index (χ2n) is 6.06. The highest BCUT2D eigenvalue weighted by Crippen LogP contribution is 2.29. The number of hydrogen-bond acceptors (Lipinski definition) is 5.